The second-order valence-electron chi connectivity index (χ2n) is 3.80. The minimum Gasteiger partial charge on any atom is -0.298 e. The zero-order valence-corrected chi connectivity index (χ0v) is 12.6. The quantitative estimate of drug-likeness (QED) is 0.458. The van der Waals surface area contributed by atoms with Crippen molar-refractivity contribution in [2.45, 2.75) is 20.8 Å². The lowest BCUT2D eigenvalue weighted by atomic mass is 10.1. The number of hydrogen-bond acceptors (Lipinski definition) is 1. The van der Waals surface area contributed by atoms with Gasteiger partial charge in [0.2, 0.25) is 0 Å². The van der Waals surface area contributed by atoms with Crippen molar-refractivity contribution in [1.29, 1.82) is 0 Å². The highest BCUT2D eigenvalue weighted by atomic mass is 127. The first-order valence-electron chi connectivity index (χ1n) is 5.64. The molecule has 0 unspecified atom stereocenters. The lowest BCUT2D eigenvalue weighted by molar-refractivity contribution is 0.112. The molecule has 3 heteroatoms. The van der Waals surface area contributed by atoms with Gasteiger partial charge in [-0.3, -0.25) is 9.28 Å². The van der Waals surface area contributed by atoms with E-state index in [0.29, 0.717) is 0 Å². The number of quaternary nitrogens is 1. The Morgan fingerprint density at radius 2 is 1.44 bits per heavy atom. The maximum Gasteiger partial charge on any atom is 0.150 e. The fourth-order valence-corrected chi connectivity index (χ4v) is 2.09. The lowest BCUT2D eigenvalue weighted by Gasteiger charge is -2.35. The average molecular weight is 334 g/mol. The van der Waals surface area contributed by atoms with Gasteiger partial charge in [0.15, 0.2) is 0 Å². The fourth-order valence-electron chi connectivity index (χ4n) is 2.09. The van der Waals surface area contributed by atoms with E-state index in [0.717, 1.165) is 36.0 Å². The van der Waals surface area contributed by atoms with E-state index in [9.17, 15) is 4.79 Å². The molecule has 0 N–H and O–H groups in total. The van der Waals surface area contributed by atoms with E-state index in [1.807, 2.05) is 12.1 Å². The molecule has 0 heterocycles. The average Bonchev–Trinajstić information content (AvgIpc) is 2.33. The molecule has 0 bridgehead atoms. The van der Waals surface area contributed by atoms with Crippen LogP contribution in [0.25, 0.3) is 0 Å². The SMILES string of the molecule is CC[N+](CC)(CC)c1ccc(C=O)cc1.I. The second-order valence-corrected chi connectivity index (χ2v) is 3.80. The third-order valence-electron chi connectivity index (χ3n) is 3.39. The van der Waals surface area contributed by atoms with Crippen LogP contribution in [0, 0.1) is 0 Å². The van der Waals surface area contributed by atoms with Gasteiger partial charge < -0.3 is 0 Å². The summed E-state index contributed by atoms with van der Waals surface area (Å²) in [6.07, 6.45) is 0.891. The van der Waals surface area contributed by atoms with Crippen LogP contribution >= 0.6 is 24.0 Å². The van der Waals surface area contributed by atoms with Gasteiger partial charge in [0.25, 0.3) is 0 Å². The third-order valence-corrected chi connectivity index (χ3v) is 3.39. The molecule has 0 atom stereocenters. The van der Waals surface area contributed by atoms with Gasteiger partial charge in [-0.1, -0.05) is 0 Å². The summed E-state index contributed by atoms with van der Waals surface area (Å²) in [5, 5.41) is 0. The first-order valence-corrected chi connectivity index (χ1v) is 5.64. The van der Waals surface area contributed by atoms with Gasteiger partial charge in [0, 0.05) is 5.56 Å². The van der Waals surface area contributed by atoms with Crippen LogP contribution in [0.1, 0.15) is 31.1 Å². The van der Waals surface area contributed by atoms with Crippen molar-refractivity contribution in [3.63, 3.8) is 0 Å². The fraction of sp³-hybridized carbons (Fsp3) is 0.462. The lowest BCUT2D eigenvalue weighted by Crippen LogP contribution is -2.48. The van der Waals surface area contributed by atoms with Crippen LogP contribution in [0.5, 0.6) is 0 Å². The van der Waals surface area contributed by atoms with Gasteiger partial charge in [0.05, 0.1) is 19.6 Å². The van der Waals surface area contributed by atoms with Gasteiger partial charge in [-0.05, 0) is 45.0 Å². The molecule has 1 aromatic carbocycles. The molecule has 90 valence electrons. The molecule has 1 aromatic rings. The maximum atomic E-state index is 10.6. The van der Waals surface area contributed by atoms with Gasteiger partial charge in [0.1, 0.15) is 12.0 Å². The number of benzene rings is 1. The van der Waals surface area contributed by atoms with Crippen LogP contribution in [0.15, 0.2) is 24.3 Å². The van der Waals surface area contributed by atoms with E-state index in [2.05, 4.69) is 32.9 Å². The summed E-state index contributed by atoms with van der Waals surface area (Å²) >= 11 is 0. The number of carbonyl (C=O) groups is 1. The first kappa shape index (κ1) is 15.6. The summed E-state index contributed by atoms with van der Waals surface area (Å²) in [7, 11) is 0. The van der Waals surface area contributed by atoms with E-state index in [1.54, 1.807) is 0 Å². The predicted octanol–water partition coefficient (Wildman–Crippen LogP) is 3.48. The zero-order chi connectivity index (χ0) is 11.3. The van der Waals surface area contributed by atoms with Crippen LogP contribution in [0.3, 0.4) is 0 Å². The Morgan fingerprint density at radius 1 is 1.00 bits per heavy atom. The van der Waals surface area contributed by atoms with Crippen molar-refractivity contribution in [2.24, 2.45) is 0 Å². The normalized spacial score (nSPS) is 10.7. The van der Waals surface area contributed by atoms with Crippen LogP contribution in [0.4, 0.5) is 5.69 Å². The largest absolute Gasteiger partial charge is 0.298 e. The van der Waals surface area contributed by atoms with Gasteiger partial charge in [-0.15, -0.1) is 24.0 Å². The molecular formula is C13H21INO+. The number of carbonyl (C=O) groups excluding carboxylic acids is 1. The molecule has 0 saturated carbocycles. The smallest absolute Gasteiger partial charge is 0.150 e. The molecule has 1 rings (SSSR count). The number of aldehydes is 1. The summed E-state index contributed by atoms with van der Waals surface area (Å²) in [5.74, 6) is 0. The molecule has 0 aliphatic heterocycles. The molecular weight excluding hydrogens is 313 g/mol. The first-order chi connectivity index (χ1) is 7.22. The second kappa shape index (κ2) is 7.01. The number of rotatable bonds is 5. The van der Waals surface area contributed by atoms with Gasteiger partial charge in [-0.25, -0.2) is 0 Å². The monoisotopic (exact) mass is 334 g/mol. The van der Waals surface area contributed by atoms with Crippen molar-refractivity contribution in [2.75, 3.05) is 19.6 Å². The standard InChI is InChI=1S/C13H20NO.HI/c1-4-14(5-2,6-3)13-9-7-12(11-15)8-10-13;/h7-11H,4-6H2,1-3H3;1H/q+1;. The molecule has 0 aliphatic rings. The van der Waals surface area contributed by atoms with Crippen molar-refractivity contribution in [1.82, 2.24) is 4.48 Å². The van der Waals surface area contributed by atoms with E-state index in [1.165, 1.54) is 5.69 Å². The summed E-state index contributed by atoms with van der Waals surface area (Å²) in [5.41, 5.74) is 2.05. The summed E-state index contributed by atoms with van der Waals surface area (Å²) in [6.45, 7) is 9.90. The maximum absolute atomic E-state index is 10.6. The third kappa shape index (κ3) is 3.04. The van der Waals surface area contributed by atoms with Crippen LogP contribution in [-0.2, 0) is 0 Å². The Morgan fingerprint density at radius 3 is 1.75 bits per heavy atom. The van der Waals surface area contributed by atoms with E-state index in [4.69, 9.17) is 0 Å². The summed E-state index contributed by atoms with van der Waals surface area (Å²) < 4.78 is 0.985. The van der Waals surface area contributed by atoms with E-state index < -0.39 is 0 Å². The minimum absolute atomic E-state index is 0. The van der Waals surface area contributed by atoms with Crippen molar-refractivity contribution in [3.05, 3.63) is 29.8 Å². The predicted molar refractivity (Wildman–Crippen MR) is 80.7 cm³/mol. The topological polar surface area (TPSA) is 17.1 Å². The van der Waals surface area contributed by atoms with Gasteiger partial charge in [-0.2, -0.15) is 0 Å². The Bertz CT molecular complexity index is 309. The van der Waals surface area contributed by atoms with Crippen molar-refractivity contribution < 1.29 is 4.79 Å². The molecule has 0 fully saturated rings. The number of hydrogen-bond donors (Lipinski definition) is 0. The van der Waals surface area contributed by atoms with E-state index >= 15 is 0 Å². The van der Waals surface area contributed by atoms with Crippen molar-refractivity contribution in [3.8, 4) is 0 Å². The highest BCUT2D eigenvalue weighted by Crippen LogP contribution is 2.22. The van der Waals surface area contributed by atoms with Crippen molar-refractivity contribution >= 4 is 36.0 Å². The Labute approximate surface area is 115 Å². The molecule has 0 spiro atoms. The minimum atomic E-state index is 0. The molecule has 0 aliphatic carbocycles. The number of halogens is 1. The molecule has 0 radical (unpaired) electrons. The van der Waals surface area contributed by atoms with Gasteiger partial charge >= 0.3 is 0 Å². The van der Waals surface area contributed by atoms with E-state index in [-0.39, 0.29) is 24.0 Å². The molecule has 0 aromatic heterocycles. The van der Waals surface area contributed by atoms with Crippen LogP contribution in [0.2, 0.25) is 0 Å². The van der Waals surface area contributed by atoms with Crippen LogP contribution < -0.4 is 4.48 Å². The highest BCUT2D eigenvalue weighted by molar-refractivity contribution is 14.0. The Hall–Kier alpha value is -0.420. The highest BCUT2D eigenvalue weighted by Gasteiger charge is 2.23. The molecule has 0 saturated heterocycles. The summed E-state index contributed by atoms with van der Waals surface area (Å²) in [4.78, 5) is 10.6. The summed E-state index contributed by atoms with van der Waals surface area (Å²) in [6, 6.07) is 7.94. The van der Waals surface area contributed by atoms with Crippen LogP contribution in [-0.4, -0.2) is 25.9 Å². The zero-order valence-electron chi connectivity index (χ0n) is 10.3. The Kier molecular flexibility index (Phi) is 6.83. The Balaban J connectivity index is 0.00000225. The molecule has 2 nitrogen and oxygen atoms in total. The number of nitrogens with zero attached hydrogens (tertiary/aromatic N) is 1. The molecule has 16 heavy (non-hydrogen) atoms. The molecule has 0 amide bonds.